The number of rotatable bonds is 9. The number of guanidine groups is 1. The lowest BCUT2D eigenvalue weighted by Crippen LogP contribution is -2.39. The zero-order valence-electron chi connectivity index (χ0n) is 18.1. The second kappa shape index (κ2) is 12.0. The van der Waals surface area contributed by atoms with Gasteiger partial charge in [-0.05, 0) is 52.7 Å². The zero-order valence-corrected chi connectivity index (χ0v) is 18.1. The Morgan fingerprint density at radius 1 is 1.14 bits per heavy atom. The number of carbonyl (C=O) groups excluding carboxylic acids is 1. The zero-order chi connectivity index (χ0) is 21.0. The molecule has 0 saturated heterocycles. The number of hydrogen-bond donors (Lipinski definition) is 3. The minimum atomic E-state index is -0.479. The van der Waals surface area contributed by atoms with Gasteiger partial charge >= 0.3 is 6.09 Å². The van der Waals surface area contributed by atoms with E-state index in [-0.39, 0.29) is 0 Å². The Kier molecular flexibility index (Phi) is 10.1. The molecule has 0 radical (unpaired) electrons. The van der Waals surface area contributed by atoms with Crippen LogP contribution in [0, 0.1) is 0 Å². The first kappa shape index (κ1) is 23.5. The third-order valence-electron chi connectivity index (χ3n) is 3.89. The van der Waals surface area contributed by atoms with E-state index in [1.54, 1.807) is 7.05 Å². The number of aromatic nitrogens is 1. The van der Waals surface area contributed by atoms with Gasteiger partial charge in [0.15, 0.2) is 5.96 Å². The van der Waals surface area contributed by atoms with Crippen molar-refractivity contribution in [3.63, 3.8) is 0 Å². The van der Waals surface area contributed by atoms with E-state index in [1.807, 2.05) is 33.0 Å². The third-order valence-corrected chi connectivity index (χ3v) is 3.89. The van der Waals surface area contributed by atoms with Gasteiger partial charge in [0.2, 0.25) is 0 Å². The number of pyridine rings is 1. The molecular formula is C20H36N6O2. The number of carbonyl (C=O) groups is 1. The van der Waals surface area contributed by atoms with Crippen molar-refractivity contribution < 1.29 is 9.53 Å². The maximum Gasteiger partial charge on any atom is 0.407 e. The summed E-state index contributed by atoms with van der Waals surface area (Å²) < 4.78 is 5.20. The fourth-order valence-corrected chi connectivity index (χ4v) is 2.46. The molecule has 28 heavy (non-hydrogen) atoms. The number of ether oxygens (including phenoxy) is 1. The highest BCUT2D eigenvalue weighted by molar-refractivity contribution is 5.79. The first-order valence-electron chi connectivity index (χ1n) is 9.90. The number of nitrogens with zero attached hydrogens (tertiary/aromatic N) is 3. The number of alkyl carbamates (subject to hydrolysis) is 1. The van der Waals surface area contributed by atoms with Crippen LogP contribution in [0.1, 0.15) is 46.6 Å². The van der Waals surface area contributed by atoms with Crippen molar-refractivity contribution in [2.75, 3.05) is 38.1 Å². The van der Waals surface area contributed by atoms with Crippen LogP contribution in [0.2, 0.25) is 0 Å². The second-order valence-corrected chi connectivity index (χ2v) is 7.33. The van der Waals surface area contributed by atoms with E-state index in [1.165, 1.54) is 0 Å². The summed E-state index contributed by atoms with van der Waals surface area (Å²) in [5, 5.41) is 9.23. The monoisotopic (exact) mass is 392 g/mol. The molecule has 1 heterocycles. The molecule has 158 valence electrons. The molecule has 0 bridgehead atoms. The molecule has 0 unspecified atom stereocenters. The van der Waals surface area contributed by atoms with Crippen LogP contribution in [0.5, 0.6) is 0 Å². The van der Waals surface area contributed by atoms with Crippen molar-refractivity contribution >= 4 is 17.9 Å². The van der Waals surface area contributed by atoms with E-state index in [0.29, 0.717) is 25.6 Å². The van der Waals surface area contributed by atoms with Gasteiger partial charge in [0.05, 0.1) is 0 Å². The van der Waals surface area contributed by atoms with Crippen LogP contribution >= 0.6 is 0 Å². The van der Waals surface area contributed by atoms with Crippen molar-refractivity contribution in [2.24, 2.45) is 4.99 Å². The molecule has 0 aliphatic rings. The summed E-state index contributed by atoms with van der Waals surface area (Å²) in [5.74, 6) is 1.71. The second-order valence-electron chi connectivity index (χ2n) is 7.33. The first-order chi connectivity index (χ1) is 13.3. The quantitative estimate of drug-likeness (QED) is 0.340. The highest BCUT2D eigenvalue weighted by Crippen LogP contribution is 2.10. The van der Waals surface area contributed by atoms with Gasteiger partial charge in [0.25, 0.3) is 0 Å². The standard InChI is InChI=1S/C20H36N6O2/c1-7-26(8-2)17-11-10-16(14-24-17)15-25-18(21-6)22-12-9-13-23-19(27)28-20(3,4)5/h10-11,14H,7-9,12-13,15H2,1-6H3,(H,23,27)(H2,21,22,25). The van der Waals surface area contributed by atoms with Crippen molar-refractivity contribution in [1.82, 2.24) is 20.9 Å². The Morgan fingerprint density at radius 2 is 1.82 bits per heavy atom. The van der Waals surface area contributed by atoms with Gasteiger partial charge in [-0.2, -0.15) is 0 Å². The van der Waals surface area contributed by atoms with E-state index in [2.05, 4.69) is 50.7 Å². The normalized spacial score (nSPS) is 11.7. The average molecular weight is 393 g/mol. The SMILES string of the molecule is CCN(CC)c1ccc(CNC(=NC)NCCCNC(=O)OC(C)(C)C)cn1. The summed E-state index contributed by atoms with van der Waals surface area (Å²) in [5.41, 5.74) is 0.609. The van der Waals surface area contributed by atoms with Gasteiger partial charge in [-0.1, -0.05) is 6.07 Å². The summed E-state index contributed by atoms with van der Waals surface area (Å²) in [6, 6.07) is 4.12. The van der Waals surface area contributed by atoms with Crippen LogP contribution < -0.4 is 20.9 Å². The smallest absolute Gasteiger partial charge is 0.407 e. The lowest BCUT2D eigenvalue weighted by atomic mass is 10.2. The number of amides is 1. The minimum Gasteiger partial charge on any atom is -0.444 e. The molecule has 8 nitrogen and oxygen atoms in total. The van der Waals surface area contributed by atoms with Crippen molar-refractivity contribution in [1.29, 1.82) is 0 Å². The van der Waals surface area contributed by atoms with Crippen LogP contribution in [0.4, 0.5) is 10.6 Å². The fraction of sp³-hybridized carbons (Fsp3) is 0.650. The highest BCUT2D eigenvalue weighted by atomic mass is 16.6. The molecule has 0 aliphatic carbocycles. The van der Waals surface area contributed by atoms with Crippen molar-refractivity contribution in [3.8, 4) is 0 Å². The highest BCUT2D eigenvalue weighted by Gasteiger charge is 2.15. The van der Waals surface area contributed by atoms with Gasteiger partial charge in [0.1, 0.15) is 11.4 Å². The summed E-state index contributed by atoms with van der Waals surface area (Å²) in [4.78, 5) is 22.5. The molecule has 1 aromatic rings. The predicted molar refractivity (Wildman–Crippen MR) is 115 cm³/mol. The average Bonchev–Trinajstić information content (AvgIpc) is 2.64. The molecule has 0 atom stereocenters. The van der Waals surface area contributed by atoms with Gasteiger partial charge in [-0.25, -0.2) is 9.78 Å². The van der Waals surface area contributed by atoms with Crippen molar-refractivity contribution in [2.45, 2.75) is 53.2 Å². The molecule has 1 aromatic heterocycles. The lowest BCUT2D eigenvalue weighted by molar-refractivity contribution is 0.0527. The number of aliphatic imine (C=N–C) groups is 1. The van der Waals surface area contributed by atoms with E-state index < -0.39 is 11.7 Å². The predicted octanol–water partition coefficient (Wildman–Crippen LogP) is 2.51. The van der Waals surface area contributed by atoms with E-state index >= 15 is 0 Å². The van der Waals surface area contributed by atoms with Crippen LogP contribution in [0.25, 0.3) is 0 Å². The van der Waals surface area contributed by atoms with Crippen molar-refractivity contribution in [3.05, 3.63) is 23.9 Å². The maximum atomic E-state index is 11.6. The molecule has 1 amide bonds. The number of hydrogen-bond acceptors (Lipinski definition) is 5. The van der Waals surface area contributed by atoms with Gasteiger partial charge in [-0.15, -0.1) is 0 Å². The molecule has 0 aliphatic heterocycles. The molecule has 3 N–H and O–H groups in total. The molecule has 1 rings (SSSR count). The molecule has 0 aromatic carbocycles. The molecule has 0 saturated carbocycles. The minimum absolute atomic E-state index is 0.393. The molecule has 8 heteroatoms. The van der Waals surface area contributed by atoms with E-state index in [4.69, 9.17) is 4.74 Å². The molecular weight excluding hydrogens is 356 g/mol. The summed E-state index contributed by atoms with van der Waals surface area (Å²) in [7, 11) is 1.73. The largest absolute Gasteiger partial charge is 0.444 e. The van der Waals surface area contributed by atoms with E-state index in [0.717, 1.165) is 30.9 Å². The molecule has 0 spiro atoms. The Hall–Kier alpha value is -2.51. The topological polar surface area (TPSA) is 90.9 Å². The Labute approximate surface area is 169 Å². The van der Waals surface area contributed by atoms with Crippen LogP contribution in [-0.2, 0) is 11.3 Å². The lowest BCUT2D eigenvalue weighted by Gasteiger charge is -2.20. The molecule has 0 fully saturated rings. The number of anilines is 1. The van der Waals surface area contributed by atoms with Gasteiger partial charge in [0, 0.05) is 46.0 Å². The Bertz CT molecular complexity index is 606. The third kappa shape index (κ3) is 9.43. The van der Waals surface area contributed by atoms with E-state index in [9.17, 15) is 4.79 Å². The van der Waals surface area contributed by atoms with Gasteiger partial charge in [-0.3, -0.25) is 4.99 Å². The Balaban J connectivity index is 2.29. The van der Waals surface area contributed by atoms with Gasteiger partial charge < -0.3 is 25.6 Å². The summed E-state index contributed by atoms with van der Waals surface area (Å²) >= 11 is 0. The van der Waals surface area contributed by atoms with Crippen LogP contribution in [0.15, 0.2) is 23.3 Å². The maximum absolute atomic E-state index is 11.6. The van der Waals surface area contributed by atoms with Crippen LogP contribution in [0.3, 0.4) is 0 Å². The first-order valence-corrected chi connectivity index (χ1v) is 9.90. The summed E-state index contributed by atoms with van der Waals surface area (Å²) in [6.07, 6.45) is 2.26. The fourth-order valence-electron chi connectivity index (χ4n) is 2.46. The Morgan fingerprint density at radius 3 is 2.36 bits per heavy atom. The summed E-state index contributed by atoms with van der Waals surface area (Å²) in [6.45, 7) is 13.5. The number of nitrogens with one attached hydrogen (secondary N) is 3. The van der Waals surface area contributed by atoms with Crippen LogP contribution in [-0.4, -0.2) is 55.9 Å².